The van der Waals surface area contributed by atoms with Crippen LogP contribution in [0.5, 0.6) is 0 Å². The Morgan fingerprint density at radius 1 is 1.06 bits per heavy atom. The molecule has 0 spiro atoms. The molecule has 0 bridgehead atoms. The fourth-order valence-electron chi connectivity index (χ4n) is 3.07. The van der Waals surface area contributed by atoms with Crippen molar-refractivity contribution >= 4 is 31.9 Å². The second-order valence-corrected chi connectivity index (χ2v) is 7.43. The Morgan fingerprint density at radius 2 is 1.69 bits per heavy atom. The second kappa shape index (κ2) is 4.45. The molecular weight excluding hydrogens is 328 g/mol. The number of rotatable bonds is 3. The van der Waals surface area contributed by atoms with Crippen LogP contribution in [-0.4, -0.2) is 4.83 Å². The average Bonchev–Trinajstić information content (AvgIpc) is 2.89. The summed E-state index contributed by atoms with van der Waals surface area (Å²) in [4.78, 5) is 0.682. The number of hydrogen-bond donors (Lipinski definition) is 0. The van der Waals surface area contributed by atoms with Crippen molar-refractivity contribution in [2.75, 3.05) is 0 Å². The summed E-state index contributed by atoms with van der Waals surface area (Å²) in [6.07, 6.45) is 5.64. The van der Waals surface area contributed by atoms with Gasteiger partial charge in [-0.05, 0) is 61.1 Å². The smallest absolute Gasteiger partial charge is 0.0214 e. The lowest BCUT2D eigenvalue weighted by molar-refractivity contribution is 0.471. The maximum Gasteiger partial charge on any atom is 0.0214 e. The van der Waals surface area contributed by atoms with Crippen molar-refractivity contribution in [3.8, 4) is 0 Å². The van der Waals surface area contributed by atoms with Crippen molar-refractivity contribution < 1.29 is 0 Å². The summed E-state index contributed by atoms with van der Waals surface area (Å²) in [6.45, 7) is 0. The Kier molecular flexibility index (Phi) is 3.14. The maximum atomic E-state index is 3.90. The fourth-order valence-corrected chi connectivity index (χ4v) is 4.14. The van der Waals surface area contributed by atoms with Crippen molar-refractivity contribution in [1.82, 2.24) is 0 Å². The third-order valence-electron chi connectivity index (χ3n) is 4.14. The van der Waals surface area contributed by atoms with Crippen LogP contribution in [0.25, 0.3) is 0 Å². The van der Waals surface area contributed by atoms with Gasteiger partial charge in [0.15, 0.2) is 0 Å². The molecule has 1 aromatic rings. The van der Waals surface area contributed by atoms with Gasteiger partial charge in [-0.25, -0.2) is 0 Å². The highest BCUT2D eigenvalue weighted by Crippen LogP contribution is 2.56. The zero-order chi connectivity index (χ0) is 11.1. The minimum absolute atomic E-state index is 0.682. The Balaban J connectivity index is 1.59. The molecule has 0 N–H and O–H groups in total. The van der Waals surface area contributed by atoms with E-state index in [-0.39, 0.29) is 0 Å². The zero-order valence-corrected chi connectivity index (χ0v) is 12.4. The van der Waals surface area contributed by atoms with Crippen molar-refractivity contribution in [2.24, 2.45) is 17.8 Å². The molecule has 0 nitrogen and oxygen atoms in total. The maximum absolute atomic E-state index is 3.90. The van der Waals surface area contributed by atoms with Gasteiger partial charge in [0.05, 0.1) is 0 Å². The average molecular weight is 344 g/mol. The van der Waals surface area contributed by atoms with E-state index in [0.29, 0.717) is 4.83 Å². The van der Waals surface area contributed by atoms with Gasteiger partial charge in [-0.3, -0.25) is 0 Å². The highest BCUT2D eigenvalue weighted by atomic mass is 79.9. The molecule has 3 rings (SSSR count). The second-order valence-electron chi connectivity index (χ2n) is 5.33. The SMILES string of the molecule is Brc1ccc(CC(Br)C2CC3CC3C2)cc1. The summed E-state index contributed by atoms with van der Waals surface area (Å²) in [7, 11) is 0. The number of hydrogen-bond acceptors (Lipinski definition) is 0. The van der Waals surface area contributed by atoms with Gasteiger partial charge >= 0.3 is 0 Å². The fraction of sp³-hybridized carbons (Fsp3) is 0.571. The van der Waals surface area contributed by atoms with E-state index in [1.54, 1.807) is 0 Å². The number of benzene rings is 1. The van der Waals surface area contributed by atoms with Gasteiger partial charge < -0.3 is 0 Å². The van der Waals surface area contributed by atoms with Gasteiger partial charge in [-0.15, -0.1) is 0 Å². The lowest BCUT2D eigenvalue weighted by Gasteiger charge is -2.19. The normalized spacial score (nSPS) is 33.5. The van der Waals surface area contributed by atoms with Crippen LogP contribution in [0.4, 0.5) is 0 Å². The van der Waals surface area contributed by atoms with E-state index < -0.39 is 0 Å². The van der Waals surface area contributed by atoms with Crippen LogP contribution in [0.1, 0.15) is 24.8 Å². The van der Waals surface area contributed by atoms with Crippen LogP contribution in [0.15, 0.2) is 28.7 Å². The van der Waals surface area contributed by atoms with Gasteiger partial charge in [-0.2, -0.15) is 0 Å². The van der Waals surface area contributed by atoms with Crippen molar-refractivity contribution in [2.45, 2.75) is 30.5 Å². The molecule has 2 aliphatic rings. The van der Waals surface area contributed by atoms with E-state index in [9.17, 15) is 0 Å². The standard InChI is InChI=1S/C14H16Br2/c15-13-3-1-9(2-4-13)5-14(16)12-7-10-6-11(10)8-12/h1-4,10-12,14H,5-8H2. The van der Waals surface area contributed by atoms with E-state index >= 15 is 0 Å². The summed E-state index contributed by atoms with van der Waals surface area (Å²) < 4.78 is 1.17. The van der Waals surface area contributed by atoms with Crippen LogP contribution < -0.4 is 0 Å². The topological polar surface area (TPSA) is 0 Å². The molecule has 2 heteroatoms. The summed E-state index contributed by atoms with van der Waals surface area (Å²) in [5.41, 5.74) is 1.45. The molecule has 0 saturated heterocycles. The monoisotopic (exact) mass is 342 g/mol. The molecular formula is C14H16Br2. The van der Waals surface area contributed by atoms with E-state index in [2.05, 4.69) is 56.1 Å². The number of halogens is 2. The van der Waals surface area contributed by atoms with Crippen LogP contribution in [0.3, 0.4) is 0 Å². The summed E-state index contributed by atoms with van der Waals surface area (Å²) in [5.74, 6) is 3.11. The summed E-state index contributed by atoms with van der Waals surface area (Å²) >= 11 is 7.38. The molecule has 3 atom stereocenters. The highest BCUT2D eigenvalue weighted by Gasteiger charge is 2.47. The molecule has 0 heterocycles. The lowest BCUT2D eigenvalue weighted by Crippen LogP contribution is -2.15. The Bertz CT molecular complexity index is 361. The highest BCUT2D eigenvalue weighted by molar-refractivity contribution is 9.10. The van der Waals surface area contributed by atoms with Crippen LogP contribution in [0, 0.1) is 17.8 Å². The first kappa shape index (κ1) is 11.3. The molecule has 1 aromatic carbocycles. The van der Waals surface area contributed by atoms with Crippen LogP contribution in [-0.2, 0) is 6.42 Å². The molecule has 3 unspecified atom stereocenters. The first-order valence-corrected chi connectivity index (χ1v) is 7.82. The van der Waals surface area contributed by atoms with Gasteiger partial charge in [0, 0.05) is 9.30 Å². The van der Waals surface area contributed by atoms with Gasteiger partial charge in [0.1, 0.15) is 0 Å². The quantitative estimate of drug-likeness (QED) is 0.691. The minimum atomic E-state index is 0.682. The van der Waals surface area contributed by atoms with Crippen molar-refractivity contribution in [3.05, 3.63) is 34.3 Å². The molecule has 2 aliphatic carbocycles. The molecule has 86 valence electrons. The van der Waals surface area contributed by atoms with E-state index in [0.717, 1.165) is 17.8 Å². The summed E-state index contributed by atoms with van der Waals surface area (Å²) in [5, 5.41) is 0. The zero-order valence-electron chi connectivity index (χ0n) is 9.20. The molecule has 0 aliphatic heterocycles. The van der Waals surface area contributed by atoms with Crippen LogP contribution >= 0.6 is 31.9 Å². The predicted molar refractivity (Wildman–Crippen MR) is 74.9 cm³/mol. The first-order chi connectivity index (χ1) is 7.72. The van der Waals surface area contributed by atoms with E-state index in [4.69, 9.17) is 0 Å². The first-order valence-electron chi connectivity index (χ1n) is 6.11. The van der Waals surface area contributed by atoms with Gasteiger partial charge in [0.25, 0.3) is 0 Å². The molecule has 2 fully saturated rings. The Labute approximate surface area is 114 Å². The Hall–Kier alpha value is 0.180. The van der Waals surface area contributed by atoms with Gasteiger partial charge in [-0.1, -0.05) is 44.0 Å². The third kappa shape index (κ3) is 2.38. The molecule has 16 heavy (non-hydrogen) atoms. The third-order valence-corrected chi connectivity index (χ3v) is 5.74. The van der Waals surface area contributed by atoms with E-state index in [1.165, 1.54) is 35.7 Å². The molecule has 0 amide bonds. The number of alkyl halides is 1. The van der Waals surface area contributed by atoms with Crippen LogP contribution in [0.2, 0.25) is 0 Å². The predicted octanol–water partition coefficient (Wildman–Crippen LogP) is 4.80. The minimum Gasteiger partial charge on any atom is -0.0884 e. The summed E-state index contributed by atoms with van der Waals surface area (Å²) in [6, 6.07) is 8.74. The molecule has 2 saturated carbocycles. The van der Waals surface area contributed by atoms with Crippen molar-refractivity contribution in [3.63, 3.8) is 0 Å². The van der Waals surface area contributed by atoms with Crippen molar-refractivity contribution in [1.29, 1.82) is 0 Å². The molecule has 0 aromatic heterocycles. The largest absolute Gasteiger partial charge is 0.0884 e. The van der Waals surface area contributed by atoms with E-state index in [1.807, 2.05) is 0 Å². The Morgan fingerprint density at radius 3 is 2.31 bits per heavy atom. The molecule has 0 radical (unpaired) electrons. The van der Waals surface area contributed by atoms with Gasteiger partial charge in [0.2, 0.25) is 0 Å². The lowest BCUT2D eigenvalue weighted by atomic mass is 9.95. The number of fused-ring (bicyclic) bond motifs is 1.